The molecule has 0 atom stereocenters. The molecule has 0 unspecified atom stereocenters. The molecule has 0 aliphatic heterocycles. The van der Waals surface area contributed by atoms with Gasteiger partial charge in [0.15, 0.2) is 0 Å². The summed E-state index contributed by atoms with van der Waals surface area (Å²) in [7, 11) is 0. The summed E-state index contributed by atoms with van der Waals surface area (Å²) in [6.07, 6.45) is 1.76. The minimum Gasteiger partial charge on any atom is -0.435 e. The first-order valence-electron chi connectivity index (χ1n) is 3.96. The molecule has 0 bridgehead atoms. The Balaban J connectivity index is 3.05. The minimum absolute atomic E-state index is 0.0642. The number of benzene rings is 1. The Morgan fingerprint density at radius 1 is 1.47 bits per heavy atom. The molecule has 6 heteroatoms. The molecule has 1 rings (SSSR count). The van der Waals surface area contributed by atoms with Crippen LogP contribution in [0.3, 0.4) is 0 Å². The zero-order valence-corrected chi connectivity index (χ0v) is 8.68. The van der Waals surface area contributed by atoms with E-state index in [1.807, 2.05) is 0 Å². The first kappa shape index (κ1) is 11.8. The molecule has 15 heavy (non-hydrogen) atoms. The van der Waals surface area contributed by atoms with E-state index in [1.54, 1.807) is 6.26 Å². The van der Waals surface area contributed by atoms with Gasteiger partial charge in [0.1, 0.15) is 5.75 Å². The molecule has 1 amide bonds. The largest absolute Gasteiger partial charge is 0.435 e. The fourth-order valence-electron chi connectivity index (χ4n) is 1.00. The van der Waals surface area contributed by atoms with Gasteiger partial charge in [-0.1, -0.05) is 0 Å². The zero-order chi connectivity index (χ0) is 11.4. The molecule has 1 aromatic carbocycles. The van der Waals surface area contributed by atoms with Crippen LogP contribution in [0, 0.1) is 0 Å². The number of nitrogens with two attached hydrogens (primary N) is 1. The lowest BCUT2D eigenvalue weighted by Crippen LogP contribution is -2.11. The summed E-state index contributed by atoms with van der Waals surface area (Å²) in [6.45, 7) is -2.91. The number of halogens is 2. The van der Waals surface area contributed by atoms with E-state index in [1.165, 1.54) is 30.0 Å². The summed E-state index contributed by atoms with van der Waals surface area (Å²) in [5.41, 5.74) is 5.20. The number of hydrogen-bond donors (Lipinski definition) is 1. The number of rotatable bonds is 4. The number of alkyl halides is 2. The molecule has 0 saturated carbocycles. The van der Waals surface area contributed by atoms with Gasteiger partial charge in [-0.15, -0.1) is 11.8 Å². The van der Waals surface area contributed by atoms with Crippen molar-refractivity contribution >= 4 is 17.7 Å². The Hall–Kier alpha value is -1.30. The standard InChI is InChI=1S/C9H9F2NO2S/c1-15-7-3-5(8(12)13)2-6(4-7)14-9(10)11/h2-4,9H,1H3,(H2,12,13). The molecule has 0 aliphatic rings. The van der Waals surface area contributed by atoms with E-state index in [0.29, 0.717) is 4.90 Å². The molecule has 0 heterocycles. The maximum absolute atomic E-state index is 11.9. The van der Waals surface area contributed by atoms with Crippen molar-refractivity contribution in [2.45, 2.75) is 11.5 Å². The number of ether oxygens (including phenoxy) is 1. The van der Waals surface area contributed by atoms with Gasteiger partial charge in [-0.05, 0) is 24.5 Å². The van der Waals surface area contributed by atoms with Crippen LogP contribution in [0.15, 0.2) is 23.1 Å². The normalized spacial score (nSPS) is 10.4. The molecule has 0 saturated heterocycles. The van der Waals surface area contributed by atoms with Crippen molar-refractivity contribution < 1.29 is 18.3 Å². The summed E-state index contributed by atoms with van der Waals surface area (Å²) in [6, 6.07) is 4.13. The lowest BCUT2D eigenvalue weighted by Gasteiger charge is -2.07. The van der Waals surface area contributed by atoms with Crippen LogP contribution in [-0.4, -0.2) is 18.8 Å². The predicted octanol–water partition coefficient (Wildman–Crippen LogP) is 2.11. The van der Waals surface area contributed by atoms with Gasteiger partial charge in [-0.3, -0.25) is 4.79 Å². The number of carbonyl (C=O) groups is 1. The fraction of sp³-hybridized carbons (Fsp3) is 0.222. The highest BCUT2D eigenvalue weighted by Gasteiger charge is 2.09. The maximum Gasteiger partial charge on any atom is 0.387 e. The molecule has 3 nitrogen and oxygen atoms in total. The van der Waals surface area contributed by atoms with E-state index >= 15 is 0 Å². The van der Waals surface area contributed by atoms with Gasteiger partial charge < -0.3 is 10.5 Å². The molecule has 1 aromatic rings. The smallest absolute Gasteiger partial charge is 0.387 e. The number of hydrogen-bond acceptors (Lipinski definition) is 3. The van der Waals surface area contributed by atoms with Gasteiger partial charge in [0.25, 0.3) is 0 Å². The second kappa shape index (κ2) is 4.97. The molecule has 0 aliphatic carbocycles. The van der Waals surface area contributed by atoms with Crippen LogP contribution in [0.4, 0.5) is 8.78 Å². The van der Waals surface area contributed by atoms with Crippen molar-refractivity contribution in [3.8, 4) is 5.75 Å². The molecule has 82 valence electrons. The third-order valence-corrected chi connectivity index (χ3v) is 2.33. The average molecular weight is 233 g/mol. The van der Waals surface area contributed by atoms with Crippen LogP contribution in [0.2, 0.25) is 0 Å². The highest BCUT2D eigenvalue weighted by molar-refractivity contribution is 7.98. The van der Waals surface area contributed by atoms with Gasteiger partial charge in [-0.2, -0.15) is 8.78 Å². The van der Waals surface area contributed by atoms with E-state index in [-0.39, 0.29) is 11.3 Å². The van der Waals surface area contributed by atoms with Gasteiger partial charge in [0.05, 0.1) is 0 Å². The molecule has 0 spiro atoms. The number of primary amides is 1. The Morgan fingerprint density at radius 2 is 2.13 bits per heavy atom. The molecule has 0 fully saturated rings. The summed E-state index contributed by atoms with van der Waals surface area (Å²) in [4.78, 5) is 11.5. The third kappa shape index (κ3) is 3.39. The Labute approximate surface area is 89.6 Å². The average Bonchev–Trinajstić information content (AvgIpc) is 2.16. The highest BCUT2D eigenvalue weighted by atomic mass is 32.2. The van der Waals surface area contributed by atoms with Gasteiger partial charge in [0, 0.05) is 10.5 Å². The van der Waals surface area contributed by atoms with Crippen LogP contribution in [0.5, 0.6) is 5.75 Å². The van der Waals surface area contributed by atoms with Crippen LogP contribution in [0.1, 0.15) is 10.4 Å². The lowest BCUT2D eigenvalue weighted by atomic mass is 10.2. The summed E-state index contributed by atoms with van der Waals surface area (Å²) < 4.78 is 28.1. The third-order valence-electron chi connectivity index (χ3n) is 1.63. The molecule has 0 radical (unpaired) electrons. The Kier molecular flexibility index (Phi) is 3.90. The Bertz CT molecular complexity index is 371. The van der Waals surface area contributed by atoms with Gasteiger partial charge >= 0.3 is 6.61 Å². The lowest BCUT2D eigenvalue weighted by molar-refractivity contribution is -0.0500. The number of carbonyl (C=O) groups excluding carboxylic acids is 1. The number of thioether (sulfide) groups is 1. The monoisotopic (exact) mass is 233 g/mol. The maximum atomic E-state index is 11.9. The highest BCUT2D eigenvalue weighted by Crippen LogP contribution is 2.24. The van der Waals surface area contributed by atoms with Crippen molar-refractivity contribution in [1.82, 2.24) is 0 Å². The zero-order valence-electron chi connectivity index (χ0n) is 7.87. The van der Waals surface area contributed by atoms with Crippen molar-refractivity contribution in [2.75, 3.05) is 6.26 Å². The Morgan fingerprint density at radius 3 is 2.60 bits per heavy atom. The molecule has 2 N–H and O–H groups in total. The van der Waals surface area contributed by atoms with E-state index < -0.39 is 12.5 Å². The van der Waals surface area contributed by atoms with Crippen LogP contribution in [-0.2, 0) is 0 Å². The van der Waals surface area contributed by atoms with Crippen molar-refractivity contribution in [3.63, 3.8) is 0 Å². The molecular formula is C9H9F2NO2S. The summed E-state index contributed by atoms with van der Waals surface area (Å²) in [5, 5.41) is 0. The van der Waals surface area contributed by atoms with Crippen LogP contribution >= 0.6 is 11.8 Å². The van der Waals surface area contributed by atoms with Crippen LogP contribution in [0.25, 0.3) is 0 Å². The first-order chi connectivity index (χ1) is 7.02. The topological polar surface area (TPSA) is 52.3 Å². The summed E-state index contributed by atoms with van der Waals surface area (Å²) in [5.74, 6) is -0.740. The molecule has 0 aromatic heterocycles. The summed E-state index contributed by atoms with van der Waals surface area (Å²) >= 11 is 1.31. The van der Waals surface area contributed by atoms with Crippen molar-refractivity contribution in [2.24, 2.45) is 5.73 Å². The van der Waals surface area contributed by atoms with Crippen LogP contribution < -0.4 is 10.5 Å². The first-order valence-corrected chi connectivity index (χ1v) is 5.19. The quantitative estimate of drug-likeness (QED) is 0.810. The van der Waals surface area contributed by atoms with E-state index in [2.05, 4.69) is 4.74 Å². The minimum atomic E-state index is -2.91. The van der Waals surface area contributed by atoms with Gasteiger partial charge in [-0.25, -0.2) is 0 Å². The van der Waals surface area contributed by atoms with Crippen molar-refractivity contribution in [1.29, 1.82) is 0 Å². The molecular weight excluding hydrogens is 224 g/mol. The second-order valence-corrected chi connectivity index (χ2v) is 3.52. The SMILES string of the molecule is CSc1cc(OC(F)F)cc(C(N)=O)c1. The van der Waals surface area contributed by atoms with Gasteiger partial charge in [0.2, 0.25) is 5.91 Å². The van der Waals surface area contributed by atoms with E-state index in [4.69, 9.17) is 5.73 Å². The second-order valence-electron chi connectivity index (χ2n) is 2.64. The van der Waals surface area contributed by atoms with E-state index in [0.717, 1.165) is 0 Å². The predicted molar refractivity (Wildman–Crippen MR) is 53.4 cm³/mol. The van der Waals surface area contributed by atoms with E-state index in [9.17, 15) is 13.6 Å². The van der Waals surface area contributed by atoms with Crippen molar-refractivity contribution in [3.05, 3.63) is 23.8 Å². The fourth-order valence-corrected chi connectivity index (χ4v) is 1.48. The number of amides is 1.